The topological polar surface area (TPSA) is 24.9 Å². The van der Waals surface area contributed by atoms with Crippen molar-refractivity contribution in [3.63, 3.8) is 0 Å². The van der Waals surface area contributed by atoms with Crippen LogP contribution in [0.15, 0.2) is 5.38 Å². The average molecular weight is 241 g/mol. The minimum atomic E-state index is 0. The van der Waals surface area contributed by atoms with Crippen molar-refractivity contribution in [3.8, 4) is 0 Å². The van der Waals surface area contributed by atoms with E-state index in [1.165, 1.54) is 17.1 Å². The lowest BCUT2D eigenvalue weighted by atomic mass is 10.1. The number of rotatable bonds is 1. The van der Waals surface area contributed by atoms with Crippen molar-refractivity contribution in [3.05, 3.63) is 16.1 Å². The highest BCUT2D eigenvalue weighted by Gasteiger charge is 2.18. The van der Waals surface area contributed by atoms with Gasteiger partial charge in [0.25, 0.3) is 0 Å². The normalized spacial score (nSPS) is 20.5. The van der Waals surface area contributed by atoms with Crippen molar-refractivity contribution in [2.75, 3.05) is 13.1 Å². The third-order valence-electron chi connectivity index (χ3n) is 2.12. The highest BCUT2D eigenvalue weighted by Crippen LogP contribution is 2.23. The van der Waals surface area contributed by atoms with Crippen LogP contribution in [0.4, 0.5) is 0 Å². The molecule has 1 unspecified atom stereocenters. The Labute approximate surface area is 95.0 Å². The minimum absolute atomic E-state index is 0. The summed E-state index contributed by atoms with van der Waals surface area (Å²) in [6.07, 6.45) is 1.25. The average Bonchev–Trinajstić information content (AvgIpc) is 2.55. The molecule has 0 saturated carbocycles. The van der Waals surface area contributed by atoms with Crippen molar-refractivity contribution < 1.29 is 0 Å². The summed E-state index contributed by atoms with van der Waals surface area (Å²) in [4.78, 5) is 4.47. The summed E-state index contributed by atoms with van der Waals surface area (Å²) in [5.74, 6) is 0.681. The van der Waals surface area contributed by atoms with E-state index >= 15 is 0 Å². The van der Waals surface area contributed by atoms with Crippen LogP contribution in [0.2, 0.25) is 0 Å². The number of nitrogens with one attached hydrogen (secondary N) is 1. The van der Waals surface area contributed by atoms with Gasteiger partial charge in [-0.1, -0.05) is 0 Å². The first-order chi connectivity index (χ1) is 5.36. The Morgan fingerprint density at radius 3 is 2.77 bits per heavy atom. The Bertz CT molecular complexity index is 246. The van der Waals surface area contributed by atoms with E-state index in [0.29, 0.717) is 5.92 Å². The molecule has 76 valence electrons. The molecule has 1 N–H and O–H groups in total. The Balaban J connectivity index is 0.000000720. The van der Waals surface area contributed by atoms with Crippen LogP contribution in [-0.4, -0.2) is 18.1 Å². The molecule has 2 heterocycles. The number of nitrogens with zero attached hydrogens (tertiary/aromatic N) is 1. The smallest absolute Gasteiger partial charge is 0.0897 e. The molecule has 0 radical (unpaired) electrons. The molecular formula is C8H14Cl2N2S. The molecule has 0 spiro atoms. The van der Waals surface area contributed by atoms with Crippen LogP contribution in [0.1, 0.15) is 23.0 Å². The van der Waals surface area contributed by atoms with E-state index in [9.17, 15) is 0 Å². The fourth-order valence-electron chi connectivity index (χ4n) is 1.47. The van der Waals surface area contributed by atoms with Crippen LogP contribution < -0.4 is 5.32 Å². The van der Waals surface area contributed by atoms with Crippen LogP contribution in [0.25, 0.3) is 0 Å². The number of halogens is 2. The Hall–Kier alpha value is 0.170. The molecule has 0 aromatic carbocycles. The van der Waals surface area contributed by atoms with Gasteiger partial charge in [0.1, 0.15) is 0 Å². The summed E-state index contributed by atoms with van der Waals surface area (Å²) in [7, 11) is 0. The standard InChI is InChI=1S/C8H12N2S.2ClH/c1-6-10-8(5-11-6)7-2-3-9-4-7;;/h5,7,9H,2-4H2,1H3;2*1H. The molecule has 1 aliphatic rings. The molecule has 1 fully saturated rings. The molecule has 1 aromatic rings. The van der Waals surface area contributed by atoms with E-state index in [1.807, 2.05) is 0 Å². The van der Waals surface area contributed by atoms with Gasteiger partial charge < -0.3 is 5.32 Å². The number of aryl methyl sites for hydroxylation is 1. The molecule has 0 aliphatic carbocycles. The van der Waals surface area contributed by atoms with Crippen LogP contribution >= 0.6 is 36.2 Å². The number of hydrogen-bond acceptors (Lipinski definition) is 3. The largest absolute Gasteiger partial charge is 0.316 e. The fourth-order valence-corrected chi connectivity index (χ4v) is 2.17. The van der Waals surface area contributed by atoms with E-state index in [1.54, 1.807) is 11.3 Å². The Morgan fingerprint density at radius 2 is 2.31 bits per heavy atom. The molecule has 2 rings (SSSR count). The second kappa shape index (κ2) is 5.81. The molecule has 0 bridgehead atoms. The SMILES string of the molecule is Cc1nc(C2CCNC2)cs1.Cl.Cl. The summed E-state index contributed by atoms with van der Waals surface area (Å²) in [6.45, 7) is 4.33. The Morgan fingerprint density at radius 1 is 1.54 bits per heavy atom. The molecule has 1 atom stereocenters. The predicted molar refractivity (Wildman–Crippen MR) is 61.6 cm³/mol. The molecule has 13 heavy (non-hydrogen) atoms. The first-order valence-corrected chi connectivity index (χ1v) is 4.87. The number of thiazole rings is 1. The maximum Gasteiger partial charge on any atom is 0.0897 e. The van der Waals surface area contributed by atoms with E-state index in [2.05, 4.69) is 22.6 Å². The summed E-state index contributed by atoms with van der Waals surface area (Å²) < 4.78 is 0. The Kier molecular flexibility index (Phi) is 5.88. The summed E-state index contributed by atoms with van der Waals surface area (Å²) in [5.41, 5.74) is 1.29. The molecule has 1 saturated heterocycles. The van der Waals surface area contributed by atoms with Gasteiger partial charge in [0, 0.05) is 17.8 Å². The van der Waals surface area contributed by atoms with Crippen LogP contribution in [0.3, 0.4) is 0 Å². The maximum absolute atomic E-state index is 4.47. The molecular weight excluding hydrogens is 227 g/mol. The lowest BCUT2D eigenvalue weighted by molar-refractivity contribution is 0.739. The third-order valence-corrected chi connectivity index (χ3v) is 2.91. The van der Waals surface area contributed by atoms with Crippen molar-refractivity contribution in [1.82, 2.24) is 10.3 Å². The highest BCUT2D eigenvalue weighted by atomic mass is 35.5. The second-order valence-corrected chi connectivity index (χ2v) is 4.04. The third kappa shape index (κ3) is 3.09. The number of hydrogen-bond donors (Lipinski definition) is 1. The van der Waals surface area contributed by atoms with Gasteiger partial charge in [-0.15, -0.1) is 36.2 Å². The summed E-state index contributed by atoms with van der Waals surface area (Å²) >= 11 is 1.75. The zero-order chi connectivity index (χ0) is 7.68. The molecule has 5 heteroatoms. The van der Waals surface area contributed by atoms with Crippen molar-refractivity contribution in [2.45, 2.75) is 19.3 Å². The van der Waals surface area contributed by atoms with Crippen LogP contribution in [0.5, 0.6) is 0 Å². The molecule has 0 amide bonds. The van der Waals surface area contributed by atoms with Gasteiger partial charge in [-0.05, 0) is 19.9 Å². The molecule has 1 aliphatic heterocycles. The zero-order valence-electron chi connectivity index (χ0n) is 7.45. The fraction of sp³-hybridized carbons (Fsp3) is 0.625. The first-order valence-electron chi connectivity index (χ1n) is 3.99. The van der Waals surface area contributed by atoms with Crippen LogP contribution in [0, 0.1) is 6.92 Å². The quantitative estimate of drug-likeness (QED) is 0.816. The second-order valence-electron chi connectivity index (χ2n) is 2.98. The van der Waals surface area contributed by atoms with Crippen LogP contribution in [-0.2, 0) is 0 Å². The van der Waals surface area contributed by atoms with Crippen molar-refractivity contribution in [2.24, 2.45) is 0 Å². The zero-order valence-corrected chi connectivity index (χ0v) is 9.90. The van der Waals surface area contributed by atoms with Gasteiger partial charge in [0.05, 0.1) is 10.7 Å². The molecule has 1 aromatic heterocycles. The van der Waals surface area contributed by atoms with E-state index in [-0.39, 0.29) is 24.8 Å². The van der Waals surface area contributed by atoms with Gasteiger partial charge in [0.2, 0.25) is 0 Å². The first kappa shape index (κ1) is 13.2. The summed E-state index contributed by atoms with van der Waals surface area (Å²) in [5, 5.41) is 6.72. The lowest BCUT2D eigenvalue weighted by Gasteiger charge is -2.01. The van der Waals surface area contributed by atoms with Gasteiger partial charge in [0.15, 0.2) is 0 Å². The summed E-state index contributed by atoms with van der Waals surface area (Å²) in [6, 6.07) is 0. The number of aromatic nitrogens is 1. The monoisotopic (exact) mass is 240 g/mol. The maximum atomic E-state index is 4.47. The van der Waals surface area contributed by atoms with E-state index in [4.69, 9.17) is 0 Å². The highest BCUT2D eigenvalue weighted by molar-refractivity contribution is 7.09. The van der Waals surface area contributed by atoms with Gasteiger partial charge in [-0.25, -0.2) is 4.98 Å². The van der Waals surface area contributed by atoms with E-state index < -0.39 is 0 Å². The van der Waals surface area contributed by atoms with Crippen molar-refractivity contribution >= 4 is 36.2 Å². The lowest BCUT2D eigenvalue weighted by Crippen LogP contribution is -2.08. The van der Waals surface area contributed by atoms with Gasteiger partial charge in [-0.2, -0.15) is 0 Å². The minimum Gasteiger partial charge on any atom is -0.316 e. The van der Waals surface area contributed by atoms with Gasteiger partial charge >= 0.3 is 0 Å². The van der Waals surface area contributed by atoms with E-state index in [0.717, 1.165) is 13.1 Å². The predicted octanol–water partition coefficient (Wildman–Crippen LogP) is 2.37. The van der Waals surface area contributed by atoms with Gasteiger partial charge in [-0.3, -0.25) is 0 Å². The molecule has 2 nitrogen and oxygen atoms in total. The van der Waals surface area contributed by atoms with Crippen molar-refractivity contribution in [1.29, 1.82) is 0 Å².